The van der Waals surface area contributed by atoms with Crippen LogP contribution in [0.5, 0.6) is 0 Å². The molecular weight excluding hydrogens is 683 g/mol. The highest BCUT2D eigenvalue weighted by Gasteiger charge is 2.14. The van der Waals surface area contributed by atoms with Crippen molar-refractivity contribution in [2.45, 2.75) is 13.8 Å². The SMILES string of the molecule is Cc1cc(C)c2ccc3ccc(-c4ccc(-c5cccc(-c6cc(-c7cccc(-c8ccnc9ccccc89)c7)nc(-c7ccccc7)n6)c5)cc4)nc3c2n1. The van der Waals surface area contributed by atoms with Gasteiger partial charge in [0.05, 0.1) is 33.6 Å². The zero-order valence-electron chi connectivity index (χ0n) is 31.0. The van der Waals surface area contributed by atoms with E-state index in [1.54, 1.807) is 0 Å². The molecule has 264 valence electrons. The summed E-state index contributed by atoms with van der Waals surface area (Å²) < 4.78 is 0. The van der Waals surface area contributed by atoms with Gasteiger partial charge in [0.25, 0.3) is 0 Å². The minimum atomic E-state index is 0.684. The predicted molar refractivity (Wildman–Crippen MR) is 230 cm³/mol. The normalized spacial score (nSPS) is 11.4. The molecular formula is C51H35N5. The van der Waals surface area contributed by atoms with Gasteiger partial charge >= 0.3 is 0 Å². The molecule has 0 spiro atoms. The van der Waals surface area contributed by atoms with Gasteiger partial charge in [-0.1, -0.05) is 127 Å². The lowest BCUT2D eigenvalue weighted by molar-refractivity contribution is 1.18. The third kappa shape index (κ3) is 6.15. The number of hydrogen-bond acceptors (Lipinski definition) is 5. The number of aromatic nitrogens is 5. The van der Waals surface area contributed by atoms with Crippen LogP contribution in [0.4, 0.5) is 0 Å². The zero-order valence-corrected chi connectivity index (χ0v) is 31.0. The summed E-state index contributed by atoms with van der Waals surface area (Å²) in [5.74, 6) is 0.684. The Balaban J connectivity index is 1.02. The number of pyridine rings is 3. The molecule has 5 nitrogen and oxygen atoms in total. The number of benzene rings is 6. The Hall–Kier alpha value is -7.37. The maximum absolute atomic E-state index is 5.13. The van der Waals surface area contributed by atoms with Crippen LogP contribution in [0.1, 0.15) is 11.3 Å². The van der Waals surface area contributed by atoms with Crippen LogP contribution in [0.15, 0.2) is 176 Å². The van der Waals surface area contributed by atoms with Gasteiger partial charge in [0.2, 0.25) is 0 Å². The van der Waals surface area contributed by atoms with Gasteiger partial charge in [-0.25, -0.2) is 15.0 Å². The summed E-state index contributed by atoms with van der Waals surface area (Å²) >= 11 is 0. The number of aryl methyl sites for hydroxylation is 2. The van der Waals surface area contributed by atoms with Gasteiger partial charge in [-0.15, -0.1) is 0 Å². The van der Waals surface area contributed by atoms with E-state index in [0.29, 0.717) is 5.82 Å². The Morgan fingerprint density at radius 3 is 1.84 bits per heavy atom. The quantitative estimate of drug-likeness (QED) is 0.160. The van der Waals surface area contributed by atoms with E-state index in [-0.39, 0.29) is 0 Å². The molecule has 10 aromatic rings. The fourth-order valence-electron chi connectivity index (χ4n) is 7.71. The van der Waals surface area contributed by atoms with E-state index in [2.05, 4.69) is 158 Å². The smallest absolute Gasteiger partial charge is 0.160 e. The molecule has 56 heavy (non-hydrogen) atoms. The van der Waals surface area contributed by atoms with Crippen molar-refractivity contribution >= 4 is 32.7 Å². The third-order valence-corrected chi connectivity index (χ3v) is 10.5. The summed E-state index contributed by atoms with van der Waals surface area (Å²) in [5.41, 5.74) is 16.3. The van der Waals surface area contributed by atoms with Gasteiger partial charge in [-0.2, -0.15) is 0 Å². The van der Waals surface area contributed by atoms with Crippen LogP contribution >= 0.6 is 0 Å². The average molecular weight is 718 g/mol. The van der Waals surface area contributed by atoms with E-state index in [1.165, 1.54) is 5.56 Å². The summed E-state index contributed by atoms with van der Waals surface area (Å²) in [5, 5.41) is 3.35. The maximum Gasteiger partial charge on any atom is 0.160 e. The highest BCUT2D eigenvalue weighted by molar-refractivity contribution is 6.04. The summed E-state index contributed by atoms with van der Waals surface area (Å²) in [6, 6.07) is 59.1. The van der Waals surface area contributed by atoms with Crippen molar-refractivity contribution in [2.24, 2.45) is 0 Å². The fraction of sp³-hybridized carbons (Fsp3) is 0.0392. The third-order valence-electron chi connectivity index (χ3n) is 10.5. The number of para-hydroxylation sites is 1. The molecule has 4 heterocycles. The molecule has 0 radical (unpaired) electrons. The van der Waals surface area contributed by atoms with Crippen molar-refractivity contribution in [3.05, 3.63) is 187 Å². The highest BCUT2D eigenvalue weighted by Crippen LogP contribution is 2.35. The Morgan fingerprint density at radius 1 is 0.375 bits per heavy atom. The first kappa shape index (κ1) is 33.2. The van der Waals surface area contributed by atoms with Gasteiger partial charge in [-0.05, 0) is 84.1 Å². The van der Waals surface area contributed by atoms with Gasteiger partial charge in [0.15, 0.2) is 5.82 Å². The minimum Gasteiger partial charge on any atom is -0.256 e. The topological polar surface area (TPSA) is 64.5 Å². The molecule has 0 aliphatic carbocycles. The van der Waals surface area contributed by atoms with Crippen molar-refractivity contribution < 1.29 is 0 Å². The molecule has 0 atom stereocenters. The second-order valence-electron chi connectivity index (χ2n) is 14.3. The largest absolute Gasteiger partial charge is 0.256 e. The molecule has 4 aromatic heterocycles. The van der Waals surface area contributed by atoms with Gasteiger partial charge in [0, 0.05) is 50.3 Å². The number of fused-ring (bicyclic) bond motifs is 4. The number of hydrogen-bond donors (Lipinski definition) is 0. The molecule has 0 N–H and O–H groups in total. The maximum atomic E-state index is 5.13. The second-order valence-corrected chi connectivity index (χ2v) is 14.3. The van der Waals surface area contributed by atoms with Gasteiger partial charge < -0.3 is 0 Å². The molecule has 0 fully saturated rings. The molecule has 0 aliphatic rings. The van der Waals surface area contributed by atoms with Crippen LogP contribution in [-0.4, -0.2) is 24.9 Å². The van der Waals surface area contributed by atoms with Crippen LogP contribution in [0.2, 0.25) is 0 Å². The minimum absolute atomic E-state index is 0.684. The molecule has 6 aromatic carbocycles. The molecule has 10 rings (SSSR count). The van der Waals surface area contributed by atoms with Gasteiger partial charge in [0.1, 0.15) is 0 Å². The molecule has 0 aliphatic heterocycles. The van der Waals surface area contributed by atoms with E-state index in [4.69, 9.17) is 19.9 Å². The summed E-state index contributed by atoms with van der Waals surface area (Å²) in [4.78, 5) is 24.9. The molecule has 0 amide bonds. The first-order valence-electron chi connectivity index (χ1n) is 18.8. The molecule has 0 bridgehead atoms. The van der Waals surface area contributed by atoms with Crippen molar-refractivity contribution in [2.75, 3.05) is 0 Å². The predicted octanol–water partition coefficient (Wildman–Crippen LogP) is 12.7. The van der Waals surface area contributed by atoms with Crippen LogP contribution in [0.25, 0.3) is 100 Å². The lowest BCUT2D eigenvalue weighted by Gasteiger charge is -2.12. The number of nitrogens with zero attached hydrogens (tertiary/aromatic N) is 5. The van der Waals surface area contributed by atoms with E-state index >= 15 is 0 Å². The van der Waals surface area contributed by atoms with Crippen LogP contribution in [0.3, 0.4) is 0 Å². The summed E-state index contributed by atoms with van der Waals surface area (Å²) in [6.45, 7) is 4.18. The fourth-order valence-corrected chi connectivity index (χ4v) is 7.71. The zero-order chi connectivity index (χ0) is 37.6. The number of rotatable bonds is 6. The first-order chi connectivity index (χ1) is 27.5. The standard InChI is InChI=1S/C51H35N5/c1-32-28-33(2)53-50-42(32)24-22-36-23-25-45(54-49(36)50)35-20-18-34(19-21-35)38-12-8-14-40(29-38)47-31-48(56-51(55-47)37-10-4-3-5-11-37)41-15-9-13-39(30-41)43-26-27-52-46-17-7-6-16-44(43)46/h3-31H,1-2H3. The Kier molecular flexibility index (Phi) is 8.19. The molecule has 0 saturated heterocycles. The van der Waals surface area contributed by atoms with Crippen molar-refractivity contribution in [1.29, 1.82) is 0 Å². The lowest BCUT2D eigenvalue weighted by atomic mass is 9.97. The lowest BCUT2D eigenvalue weighted by Crippen LogP contribution is -1.96. The molecule has 0 unspecified atom stereocenters. The van der Waals surface area contributed by atoms with Crippen LogP contribution in [-0.2, 0) is 0 Å². The van der Waals surface area contributed by atoms with E-state index < -0.39 is 0 Å². The highest BCUT2D eigenvalue weighted by atomic mass is 14.9. The summed E-state index contributed by atoms with van der Waals surface area (Å²) in [6.07, 6.45) is 1.88. The van der Waals surface area contributed by atoms with Gasteiger partial charge in [-0.3, -0.25) is 9.97 Å². The van der Waals surface area contributed by atoms with E-state index in [0.717, 1.165) is 100.0 Å². The second kappa shape index (κ2) is 13.8. The Morgan fingerprint density at radius 2 is 1.04 bits per heavy atom. The molecule has 5 heteroatoms. The first-order valence-corrected chi connectivity index (χ1v) is 18.8. The summed E-state index contributed by atoms with van der Waals surface area (Å²) in [7, 11) is 0. The monoisotopic (exact) mass is 717 g/mol. The average Bonchev–Trinajstić information content (AvgIpc) is 3.26. The van der Waals surface area contributed by atoms with Crippen LogP contribution in [0, 0.1) is 13.8 Å². The molecule has 0 saturated carbocycles. The Bertz CT molecular complexity index is 3090. The van der Waals surface area contributed by atoms with Crippen molar-refractivity contribution in [3.63, 3.8) is 0 Å². The van der Waals surface area contributed by atoms with Crippen molar-refractivity contribution in [3.8, 4) is 67.4 Å². The van der Waals surface area contributed by atoms with E-state index in [9.17, 15) is 0 Å². The van der Waals surface area contributed by atoms with Crippen molar-refractivity contribution in [1.82, 2.24) is 24.9 Å². The Labute approximate surface area is 325 Å². The van der Waals surface area contributed by atoms with Crippen LogP contribution < -0.4 is 0 Å². The van der Waals surface area contributed by atoms with E-state index in [1.807, 2.05) is 37.4 Å².